The largest absolute Gasteiger partial charge is 0.306 e. The van der Waals surface area contributed by atoms with E-state index in [1.54, 1.807) is 0 Å². The van der Waals surface area contributed by atoms with E-state index in [0.29, 0.717) is 0 Å². The van der Waals surface area contributed by atoms with Crippen LogP contribution >= 0.6 is 0 Å². The van der Waals surface area contributed by atoms with Crippen molar-refractivity contribution in [2.75, 3.05) is 34.2 Å². The fraction of sp³-hybridized carbons (Fsp3) is 1.00. The van der Waals surface area contributed by atoms with Crippen LogP contribution in [-0.2, 0) is 0 Å². The summed E-state index contributed by atoms with van der Waals surface area (Å²) >= 11 is 0. The number of nitrogens with zero attached hydrogens (tertiary/aromatic N) is 2. The first-order valence-electron chi connectivity index (χ1n) is 4.05. The molecule has 1 aliphatic carbocycles. The van der Waals surface area contributed by atoms with Crippen molar-refractivity contribution >= 4 is 0 Å². The number of likely N-dealkylation sites (tertiary alicyclic amines) is 1. The summed E-state index contributed by atoms with van der Waals surface area (Å²) in [5, 5.41) is 0. The highest BCUT2D eigenvalue weighted by molar-refractivity contribution is 5.09. The van der Waals surface area contributed by atoms with Crippen LogP contribution in [0.4, 0.5) is 0 Å². The van der Waals surface area contributed by atoms with Crippen LogP contribution < -0.4 is 0 Å². The van der Waals surface area contributed by atoms with Gasteiger partial charge in [-0.2, -0.15) is 0 Å². The average Bonchev–Trinajstić information content (AvgIpc) is 2.32. The molecule has 2 nitrogen and oxygen atoms in total. The maximum absolute atomic E-state index is 2.44. The molecule has 1 saturated heterocycles. The topological polar surface area (TPSA) is 6.48 Å². The van der Waals surface area contributed by atoms with Gasteiger partial charge in [0.15, 0.2) is 0 Å². The molecule has 2 fully saturated rings. The lowest BCUT2D eigenvalue weighted by Gasteiger charge is -2.17. The van der Waals surface area contributed by atoms with Crippen molar-refractivity contribution in [2.24, 2.45) is 11.8 Å². The third kappa shape index (κ3) is 0.789. The fourth-order valence-corrected chi connectivity index (χ4v) is 2.47. The van der Waals surface area contributed by atoms with Crippen molar-refractivity contribution in [2.45, 2.75) is 6.04 Å². The minimum absolute atomic E-state index is 0.913. The Kier molecular flexibility index (Phi) is 1.29. The van der Waals surface area contributed by atoms with Crippen molar-refractivity contribution in [3.8, 4) is 0 Å². The molecule has 0 spiro atoms. The van der Waals surface area contributed by atoms with Gasteiger partial charge in [-0.25, -0.2) is 0 Å². The van der Waals surface area contributed by atoms with Crippen LogP contribution in [0.3, 0.4) is 0 Å². The molecule has 0 amide bonds. The molecular weight excluding hydrogens is 124 g/mol. The molecule has 0 bridgehead atoms. The molecule has 2 aliphatic rings. The molecule has 1 saturated carbocycles. The zero-order valence-electron chi connectivity index (χ0n) is 7.04. The van der Waals surface area contributed by atoms with Crippen molar-refractivity contribution in [1.29, 1.82) is 0 Å². The Morgan fingerprint density at radius 3 is 2.10 bits per heavy atom. The fourth-order valence-electron chi connectivity index (χ4n) is 2.47. The molecule has 0 aromatic carbocycles. The second-order valence-electron chi connectivity index (χ2n) is 4.00. The average molecular weight is 140 g/mol. The molecule has 2 rings (SSSR count). The summed E-state index contributed by atoms with van der Waals surface area (Å²) in [6, 6.07) is 0.913. The zero-order valence-corrected chi connectivity index (χ0v) is 7.04. The summed E-state index contributed by atoms with van der Waals surface area (Å²) in [4.78, 5) is 4.82. The van der Waals surface area contributed by atoms with Crippen LogP contribution in [0.15, 0.2) is 0 Å². The predicted octanol–water partition coefficient (Wildman–Crippen LogP) is 0.108. The SMILES string of the molecule is CN1C[C@@H]2C(N(C)C)[C@@H]2C1. The number of fused-ring (bicyclic) bond motifs is 1. The summed E-state index contributed by atoms with van der Waals surface area (Å²) in [5.74, 6) is 2.00. The smallest absolute Gasteiger partial charge is 0.0177 e. The van der Waals surface area contributed by atoms with Gasteiger partial charge in [-0.1, -0.05) is 0 Å². The van der Waals surface area contributed by atoms with Gasteiger partial charge in [0, 0.05) is 19.1 Å². The van der Waals surface area contributed by atoms with Crippen molar-refractivity contribution in [1.82, 2.24) is 9.80 Å². The Balaban J connectivity index is 1.92. The predicted molar refractivity (Wildman–Crippen MR) is 42.0 cm³/mol. The van der Waals surface area contributed by atoms with Gasteiger partial charge in [0.05, 0.1) is 0 Å². The Labute approximate surface area is 62.8 Å². The number of rotatable bonds is 1. The van der Waals surface area contributed by atoms with E-state index in [-0.39, 0.29) is 0 Å². The van der Waals surface area contributed by atoms with Crippen molar-refractivity contribution in [3.63, 3.8) is 0 Å². The van der Waals surface area contributed by atoms with E-state index < -0.39 is 0 Å². The van der Waals surface area contributed by atoms with Gasteiger partial charge >= 0.3 is 0 Å². The summed E-state index contributed by atoms with van der Waals surface area (Å²) in [6.07, 6.45) is 0. The van der Waals surface area contributed by atoms with Gasteiger partial charge in [0.2, 0.25) is 0 Å². The number of hydrogen-bond acceptors (Lipinski definition) is 2. The maximum Gasteiger partial charge on any atom is 0.0177 e. The highest BCUT2D eigenvalue weighted by atomic mass is 15.2. The van der Waals surface area contributed by atoms with Gasteiger partial charge in [0.25, 0.3) is 0 Å². The van der Waals surface area contributed by atoms with Crippen LogP contribution in [0.25, 0.3) is 0 Å². The minimum Gasteiger partial charge on any atom is -0.306 e. The molecule has 0 aromatic heterocycles. The van der Waals surface area contributed by atoms with E-state index in [2.05, 4.69) is 30.9 Å². The molecule has 0 radical (unpaired) electrons. The summed E-state index contributed by atoms with van der Waals surface area (Å²) in [6.45, 7) is 2.65. The second kappa shape index (κ2) is 1.95. The highest BCUT2D eigenvalue weighted by Crippen LogP contribution is 2.47. The lowest BCUT2D eigenvalue weighted by Crippen LogP contribution is -2.27. The summed E-state index contributed by atoms with van der Waals surface area (Å²) < 4.78 is 0. The Hall–Kier alpha value is -0.0800. The molecule has 0 aromatic rings. The minimum atomic E-state index is 0.913. The molecule has 2 heteroatoms. The standard InChI is InChI=1S/C8H16N2/c1-9(2)8-6-4-10(3)5-7(6)8/h6-8H,4-5H2,1-3H3/t6-,7+,8?. The lowest BCUT2D eigenvalue weighted by molar-refractivity contribution is 0.282. The summed E-state index contributed by atoms with van der Waals surface area (Å²) in [5.41, 5.74) is 0. The van der Waals surface area contributed by atoms with Gasteiger partial charge in [-0.05, 0) is 33.0 Å². The number of piperidine rings is 1. The van der Waals surface area contributed by atoms with Crippen molar-refractivity contribution < 1.29 is 0 Å². The molecule has 1 aliphatic heterocycles. The number of hydrogen-bond donors (Lipinski definition) is 0. The van der Waals surface area contributed by atoms with E-state index in [9.17, 15) is 0 Å². The highest BCUT2D eigenvalue weighted by Gasteiger charge is 2.55. The molecule has 0 N–H and O–H groups in total. The van der Waals surface area contributed by atoms with Gasteiger partial charge in [-0.15, -0.1) is 0 Å². The molecule has 1 unspecified atom stereocenters. The quantitative estimate of drug-likeness (QED) is 0.510. The van der Waals surface area contributed by atoms with Crippen LogP contribution in [-0.4, -0.2) is 50.1 Å². The van der Waals surface area contributed by atoms with E-state index in [4.69, 9.17) is 0 Å². The monoisotopic (exact) mass is 140 g/mol. The zero-order chi connectivity index (χ0) is 7.30. The maximum atomic E-state index is 2.44. The van der Waals surface area contributed by atoms with E-state index >= 15 is 0 Å². The first-order valence-corrected chi connectivity index (χ1v) is 4.05. The van der Waals surface area contributed by atoms with Crippen LogP contribution in [0.1, 0.15) is 0 Å². The van der Waals surface area contributed by atoms with Gasteiger partial charge in [0.1, 0.15) is 0 Å². The molecule has 58 valence electrons. The summed E-state index contributed by atoms with van der Waals surface area (Å²) in [7, 11) is 6.62. The molecule has 10 heavy (non-hydrogen) atoms. The Morgan fingerprint density at radius 1 is 1.20 bits per heavy atom. The first kappa shape index (κ1) is 6.62. The molecular formula is C8H16N2. The van der Waals surface area contributed by atoms with Crippen LogP contribution in [0.5, 0.6) is 0 Å². The van der Waals surface area contributed by atoms with Crippen LogP contribution in [0.2, 0.25) is 0 Å². The van der Waals surface area contributed by atoms with E-state index in [1.165, 1.54) is 13.1 Å². The molecule has 1 heterocycles. The van der Waals surface area contributed by atoms with E-state index in [1.807, 2.05) is 0 Å². The third-order valence-electron chi connectivity index (χ3n) is 2.93. The van der Waals surface area contributed by atoms with Crippen molar-refractivity contribution in [3.05, 3.63) is 0 Å². The normalized spacial score (nSPS) is 46.2. The Morgan fingerprint density at radius 2 is 1.70 bits per heavy atom. The van der Waals surface area contributed by atoms with Crippen LogP contribution in [0, 0.1) is 11.8 Å². The lowest BCUT2D eigenvalue weighted by atomic mass is 10.4. The molecule has 3 atom stereocenters. The Bertz CT molecular complexity index is 132. The second-order valence-corrected chi connectivity index (χ2v) is 4.00. The van der Waals surface area contributed by atoms with E-state index in [0.717, 1.165) is 17.9 Å². The van der Waals surface area contributed by atoms with Gasteiger partial charge < -0.3 is 9.80 Å². The van der Waals surface area contributed by atoms with Gasteiger partial charge in [-0.3, -0.25) is 0 Å². The third-order valence-corrected chi connectivity index (χ3v) is 2.93. The first-order chi connectivity index (χ1) is 4.70.